The van der Waals surface area contributed by atoms with Gasteiger partial charge in [0.15, 0.2) is 0 Å². The maximum absolute atomic E-state index is 9.34. The van der Waals surface area contributed by atoms with Crippen LogP contribution in [0.15, 0.2) is 48.5 Å². The monoisotopic (exact) mass is 381 g/mol. The van der Waals surface area contributed by atoms with Crippen LogP contribution in [0, 0.1) is 0 Å². The molecule has 2 aromatic carbocycles. The van der Waals surface area contributed by atoms with Crippen molar-refractivity contribution in [3.63, 3.8) is 0 Å². The fraction of sp³-hybridized carbons (Fsp3) is 0.250. The number of phenols is 1. The van der Waals surface area contributed by atoms with E-state index in [0.29, 0.717) is 18.4 Å². The quantitative estimate of drug-likeness (QED) is 0.599. The van der Waals surface area contributed by atoms with Gasteiger partial charge in [-0.05, 0) is 59.7 Å². The molecule has 1 heterocycles. The van der Waals surface area contributed by atoms with Crippen molar-refractivity contribution in [3.05, 3.63) is 70.5 Å². The first-order valence-electron chi connectivity index (χ1n) is 8.95. The van der Waals surface area contributed by atoms with Gasteiger partial charge in [-0.1, -0.05) is 36.4 Å². The Hall–Kier alpha value is -2.86. The van der Waals surface area contributed by atoms with E-state index in [-0.39, 0.29) is 17.1 Å². The first-order chi connectivity index (χ1) is 13.2. The molecule has 3 N–H and O–H groups in total. The van der Waals surface area contributed by atoms with Crippen molar-refractivity contribution in [2.45, 2.75) is 25.3 Å². The van der Waals surface area contributed by atoms with E-state index >= 15 is 0 Å². The van der Waals surface area contributed by atoms with Crippen LogP contribution < -0.4 is 10.6 Å². The number of halogens is 1. The van der Waals surface area contributed by atoms with Gasteiger partial charge >= 0.3 is 0 Å². The highest BCUT2D eigenvalue weighted by atomic mass is 35.5. The Morgan fingerprint density at radius 2 is 1.78 bits per heavy atom. The number of fused-ring (bicyclic) bond motifs is 1. The summed E-state index contributed by atoms with van der Waals surface area (Å²) in [5.74, 6) is 1.19. The number of benzene rings is 2. The molecule has 1 atom stereocenters. The normalized spacial score (nSPS) is 15.4. The molecule has 0 amide bonds. The highest BCUT2D eigenvalue weighted by Crippen LogP contribution is 2.33. The third kappa shape index (κ3) is 4.28. The van der Waals surface area contributed by atoms with E-state index in [1.165, 1.54) is 11.1 Å². The predicted molar refractivity (Wildman–Crippen MR) is 106 cm³/mol. The Bertz CT molecular complexity index is 932. The number of aromatic nitrogens is 3. The van der Waals surface area contributed by atoms with Crippen molar-refractivity contribution in [1.29, 1.82) is 0 Å². The number of hydrogen-bond donors (Lipinski definition) is 3. The first kappa shape index (κ1) is 17.5. The van der Waals surface area contributed by atoms with Gasteiger partial charge in [-0.25, -0.2) is 0 Å². The molecule has 1 aliphatic carbocycles. The molecule has 0 fully saturated rings. The second-order valence-corrected chi connectivity index (χ2v) is 6.87. The van der Waals surface area contributed by atoms with Gasteiger partial charge in [0.05, 0.1) is 6.04 Å². The average Bonchev–Trinajstić information content (AvgIpc) is 3.06. The smallest absolute Gasteiger partial charge is 0.229 e. The van der Waals surface area contributed by atoms with Crippen LogP contribution in [0.5, 0.6) is 5.75 Å². The molecule has 27 heavy (non-hydrogen) atoms. The Morgan fingerprint density at radius 3 is 2.63 bits per heavy atom. The number of aryl methyl sites for hydroxylation is 1. The molecule has 1 unspecified atom stereocenters. The van der Waals surface area contributed by atoms with Crippen molar-refractivity contribution in [2.24, 2.45) is 0 Å². The molecule has 6 nitrogen and oxygen atoms in total. The highest BCUT2D eigenvalue weighted by Gasteiger charge is 2.22. The van der Waals surface area contributed by atoms with Crippen LogP contribution in [0.2, 0.25) is 5.28 Å². The minimum absolute atomic E-state index is 0.158. The lowest BCUT2D eigenvalue weighted by atomic mass is 10.1. The van der Waals surface area contributed by atoms with Gasteiger partial charge in [-0.15, -0.1) is 0 Å². The van der Waals surface area contributed by atoms with Crippen LogP contribution in [0.25, 0.3) is 0 Å². The van der Waals surface area contributed by atoms with Crippen LogP contribution in [0.3, 0.4) is 0 Å². The topological polar surface area (TPSA) is 83.0 Å². The van der Waals surface area contributed by atoms with E-state index in [0.717, 1.165) is 24.8 Å². The molecular formula is C20H20ClN5O. The number of anilines is 2. The SMILES string of the molecule is Oc1ccc(CCNc2nc(Cl)nc(NC3CCc4ccccc43)n2)cc1. The number of phenolic OH excluding ortho intramolecular Hbond substituents is 1. The van der Waals surface area contributed by atoms with Crippen molar-refractivity contribution >= 4 is 23.5 Å². The first-order valence-corrected chi connectivity index (χ1v) is 9.33. The maximum atomic E-state index is 9.34. The zero-order chi connectivity index (χ0) is 18.6. The van der Waals surface area contributed by atoms with E-state index in [4.69, 9.17) is 11.6 Å². The van der Waals surface area contributed by atoms with Crippen molar-refractivity contribution in [2.75, 3.05) is 17.2 Å². The molecule has 0 saturated heterocycles. The lowest BCUT2D eigenvalue weighted by molar-refractivity contribution is 0.475. The fourth-order valence-corrected chi connectivity index (χ4v) is 3.50. The third-order valence-electron chi connectivity index (χ3n) is 4.68. The van der Waals surface area contributed by atoms with Crippen LogP contribution in [0.1, 0.15) is 29.2 Å². The Kier molecular flexibility index (Phi) is 5.07. The molecular weight excluding hydrogens is 362 g/mol. The van der Waals surface area contributed by atoms with Crippen molar-refractivity contribution in [1.82, 2.24) is 15.0 Å². The number of aromatic hydroxyl groups is 1. The van der Waals surface area contributed by atoms with Crippen molar-refractivity contribution < 1.29 is 5.11 Å². The van der Waals surface area contributed by atoms with Gasteiger partial charge in [0, 0.05) is 6.54 Å². The molecule has 3 aromatic rings. The predicted octanol–water partition coefficient (Wildman–Crippen LogP) is 3.98. The van der Waals surface area contributed by atoms with Crippen LogP contribution >= 0.6 is 11.6 Å². The molecule has 0 spiro atoms. The maximum Gasteiger partial charge on any atom is 0.229 e. The summed E-state index contributed by atoms with van der Waals surface area (Å²) in [4.78, 5) is 12.8. The van der Waals surface area contributed by atoms with Gasteiger partial charge in [-0.3, -0.25) is 0 Å². The van der Waals surface area contributed by atoms with E-state index in [1.807, 2.05) is 12.1 Å². The molecule has 1 aliphatic rings. The standard InChI is InChI=1S/C20H20ClN5O/c21-18-24-19(22-12-11-13-5-8-15(27)9-6-13)26-20(25-18)23-17-10-7-14-3-1-2-4-16(14)17/h1-6,8-9,17,27H,7,10-12H2,(H2,22,23,24,25,26). The van der Waals surface area contributed by atoms with Gasteiger partial charge in [-0.2, -0.15) is 15.0 Å². The molecule has 0 aliphatic heterocycles. The molecule has 138 valence electrons. The lowest BCUT2D eigenvalue weighted by Gasteiger charge is -2.14. The molecule has 0 radical (unpaired) electrons. The number of nitrogens with zero attached hydrogens (tertiary/aromatic N) is 3. The van der Waals surface area contributed by atoms with E-state index in [1.54, 1.807) is 12.1 Å². The average molecular weight is 382 g/mol. The number of rotatable bonds is 6. The van der Waals surface area contributed by atoms with E-state index < -0.39 is 0 Å². The summed E-state index contributed by atoms with van der Waals surface area (Å²) >= 11 is 6.08. The van der Waals surface area contributed by atoms with Crippen molar-refractivity contribution in [3.8, 4) is 5.75 Å². The molecule has 0 bridgehead atoms. The van der Waals surface area contributed by atoms with Gasteiger partial charge in [0.2, 0.25) is 17.2 Å². The van der Waals surface area contributed by atoms with E-state index in [9.17, 15) is 5.11 Å². The second-order valence-electron chi connectivity index (χ2n) is 6.53. The summed E-state index contributed by atoms with van der Waals surface area (Å²) in [5, 5.41) is 16.1. The summed E-state index contributed by atoms with van der Waals surface area (Å²) < 4.78 is 0. The molecule has 1 aromatic heterocycles. The van der Waals surface area contributed by atoms with Crippen LogP contribution in [0.4, 0.5) is 11.9 Å². The summed E-state index contributed by atoms with van der Waals surface area (Å²) in [6, 6.07) is 15.7. The number of hydrogen-bond acceptors (Lipinski definition) is 6. The zero-order valence-electron chi connectivity index (χ0n) is 14.7. The second kappa shape index (κ2) is 7.80. The largest absolute Gasteiger partial charge is 0.508 e. The zero-order valence-corrected chi connectivity index (χ0v) is 15.4. The minimum Gasteiger partial charge on any atom is -0.508 e. The Morgan fingerprint density at radius 1 is 1.00 bits per heavy atom. The Labute approximate surface area is 162 Å². The Balaban J connectivity index is 1.40. The molecule has 0 saturated carbocycles. The summed E-state index contributed by atoms with van der Waals surface area (Å²) in [6.45, 7) is 0.650. The summed E-state index contributed by atoms with van der Waals surface area (Å²) in [5.41, 5.74) is 3.76. The summed E-state index contributed by atoms with van der Waals surface area (Å²) in [6.07, 6.45) is 2.83. The van der Waals surface area contributed by atoms with Gasteiger partial charge < -0.3 is 15.7 Å². The molecule has 7 heteroatoms. The summed E-state index contributed by atoms with van der Waals surface area (Å²) in [7, 11) is 0. The van der Waals surface area contributed by atoms with Crippen LogP contribution in [-0.2, 0) is 12.8 Å². The minimum atomic E-state index is 0.158. The third-order valence-corrected chi connectivity index (χ3v) is 4.85. The van der Waals surface area contributed by atoms with Gasteiger partial charge in [0.1, 0.15) is 5.75 Å². The highest BCUT2D eigenvalue weighted by molar-refractivity contribution is 6.28. The fourth-order valence-electron chi connectivity index (χ4n) is 3.34. The molecule has 4 rings (SSSR count). The van der Waals surface area contributed by atoms with Crippen LogP contribution in [-0.4, -0.2) is 26.6 Å². The number of nitrogens with one attached hydrogen (secondary N) is 2. The lowest BCUT2D eigenvalue weighted by Crippen LogP contribution is -2.13. The van der Waals surface area contributed by atoms with Gasteiger partial charge in [0.25, 0.3) is 0 Å². The van der Waals surface area contributed by atoms with E-state index in [2.05, 4.69) is 49.9 Å².